The molecule has 0 bridgehead atoms. The lowest BCUT2D eigenvalue weighted by atomic mass is 10.4. The molecule has 0 radical (unpaired) electrons. The molecule has 0 aromatic rings. The Morgan fingerprint density at radius 1 is 1.56 bits per heavy atom. The van der Waals surface area contributed by atoms with Crippen LogP contribution in [0.15, 0.2) is 12.2 Å². The van der Waals surface area contributed by atoms with Gasteiger partial charge in [0.05, 0.1) is 0 Å². The van der Waals surface area contributed by atoms with E-state index >= 15 is 0 Å². The fourth-order valence-corrected chi connectivity index (χ4v) is 0. The van der Waals surface area contributed by atoms with Crippen molar-refractivity contribution in [2.45, 2.75) is 6.92 Å². The number of amides is 2. The van der Waals surface area contributed by atoms with Gasteiger partial charge in [-0.25, -0.2) is 4.79 Å². The van der Waals surface area contributed by atoms with E-state index in [2.05, 4.69) is 18.0 Å². The van der Waals surface area contributed by atoms with Crippen LogP contribution in [-0.4, -0.2) is 12.3 Å². The van der Waals surface area contributed by atoms with Crippen LogP contribution in [0.5, 0.6) is 0 Å². The number of allylic oxidation sites excluding steroid dienone is 1. The Morgan fingerprint density at radius 2 is 1.67 bits per heavy atom. The molecule has 0 rings (SSSR count). The first-order chi connectivity index (χ1) is 4.00. The molecule has 4 heteroatoms. The Balaban J connectivity index is 0. The minimum atomic E-state index is -0.833. The summed E-state index contributed by atoms with van der Waals surface area (Å²) in [4.78, 5) is 18.4. The normalized spacial score (nSPS) is 6.33. The van der Waals surface area contributed by atoms with Crippen LogP contribution in [-0.2, 0) is 4.79 Å². The van der Waals surface area contributed by atoms with Crippen LogP contribution in [0.25, 0.3) is 0 Å². The Morgan fingerprint density at radius 3 is 1.67 bits per heavy atom. The highest BCUT2D eigenvalue weighted by molar-refractivity contribution is 5.70. The number of carbonyl (C=O) groups is 2. The third-order valence-corrected chi connectivity index (χ3v) is 0.201. The van der Waals surface area contributed by atoms with E-state index in [-0.39, 0.29) is 0 Å². The highest BCUT2D eigenvalue weighted by Gasteiger charge is 1.66. The summed E-state index contributed by atoms with van der Waals surface area (Å²) in [5.74, 6) is 0. The van der Waals surface area contributed by atoms with Gasteiger partial charge >= 0.3 is 6.03 Å². The highest BCUT2D eigenvalue weighted by Crippen LogP contribution is 1.70. The van der Waals surface area contributed by atoms with E-state index in [1.54, 1.807) is 6.92 Å². The summed E-state index contributed by atoms with van der Waals surface area (Å²) < 4.78 is 0. The molecule has 0 aliphatic carbocycles. The zero-order chi connectivity index (χ0) is 7.86. The van der Waals surface area contributed by atoms with Crippen LogP contribution in [0.2, 0.25) is 0 Å². The Bertz CT molecular complexity index is 116. The average molecular weight is 130 g/mol. The lowest BCUT2D eigenvalue weighted by molar-refractivity contribution is -0.104. The zero-order valence-electron chi connectivity index (χ0n) is 5.26. The zero-order valence-corrected chi connectivity index (χ0v) is 5.26. The summed E-state index contributed by atoms with van der Waals surface area (Å²) in [5.41, 5.74) is 9.07. The monoisotopic (exact) mass is 130 g/mol. The van der Waals surface area contributed by atoms with Gasteiger partial charge in [0.25, 0.3) is 0 Å². The Hall–Kier alpha value is -1.32. The number of primary amides is 2. The topological polar surface area (TPSA) is 86.2 Å². The first-order valence-electron chi connectivity index (χ1n) is 2.16. The fraction of sp³-hybridized carbons (Fsp3) is 0.200. The molecule has 0 saturated heterocycles. The third-order valence-electron chi connectivity index (χ3n) is 0.201. The smallest absolute Gasteiger partial charge is 0.309 e. The molecule has 0 heterocycles. The summed E-state index contributed by atoms with van der Waals surface area (Å²) in [6.07, 6.45) is 0.722. The molecule has 0 spiro atoms. The van der Waals surface area contributed by atoms with E-state index in [4.69, 9.17) is 4.79 Å². The molecule has 0 atom stereocenters. The number of urea groups is 1. The molecule has 0 unspecified atom stereocenters. The van der Waals surface area contributed by atoms with Crippen molar-refractivity contribution < 1.29 is 9.59 Å². The Kier molecular flexibility index (Phi) is 7.88. The van der Waals surface area contributed by atoms with Gasteiger partial charge in [0, 0.05) is 0 Å². The molecular formula is C5H10N2O2. The van der Waals surface area contributed by atoms with Crippen molar-refractivity contribution in [3.05, 3.63) is 12.2 Å². The summed E-state index contributed by atoms with van der Waals surface area (Å²) in [5, 5.41) is 0. The lowest BCUT2D eigenvalue weighted by Gasteiger charge is -1.65. The summed E-state index contributed by atoms with van der Waals surface area (Å²) in [6.45, 7) is 4.97. The largest absolute Gasteiger partial charge is 0.352 e. The van der Waals surface area contributed by atoms with Crippen molar-refractivity contribution in [3.63, 3.8) is 0 Å². The number of carbonyl (C=O) groups excluding carboxylic acids is 2. The van der Waals surface area contributed by atoms with E-state index in [0.717, 1.165) is 6.29 Å². The van der Waals surface area contributed by atoms with E-state index in [1.165, 1.54) is 0 Å². The number of aldehydes is 1. The average Bonchev–Trinajstić information content (AvgIpc) is 1.65. The molecule has 0 aromatic carbocycles. The van der Waals surface area contributed by atoms with E-state index in [0.29, 0.717) is 5.57 Å². The van der Waals surface area contributed by atoms with Gasteiger partial charge in [-0.05, 0) is 12.5 Å². The number of hydrogen-bond acceptors (Lipinski definition) is 2. The number of nitrogens with two attached hydrogens (primary N) is 2. The number of rotatable bonds is 1. The summed E-state index contributed by atoms with van der Waals surface area (Å²) in [7, 11) is 0. The van der Waals surface area contributed by atoms with Crippen LogP contribution in [0, 0.1) is 0 Å². The molecule has 0 aromatic heterocycles. The Labute approximate surface area is 53.5 Å². The molecular weight excluding hydrogens is 120 g/mol. The van der Waals surface area contributed by atoms with E-state index in [9.17, 15) is 4.79 Å². The second-order valence-electron chi connectivity index (χ2n) is 1.37. The molecule has 0 saturated carbocycles. The SMILES string of the molecule is C=C(C)C=O.NC(N)=O. The van der Waals surface area contributed by atoms with Gasteiger partial charge in [0.1, 0.15) is 6.29 Å². The van der Waals surface area contributed by atoms with Crippen LogP contribution in [0.3, 0.4) is 0 Å². The van der Waals surface area contributed by atoms with Crippen molar-refractivity contribution in [1.29, 1.82) is 0 Å². The van der Waals surface area contributed by atoms with Gasteiger partial charge in [-0.15, -0.1) is 0 Å². The van der Waals surface area contributed by atoms with Crippen molar-refractivity contribution in [3.8, 4) is 0 Å². The third kappa shape index (κ3) is 316. The second-order valence-corrected chi connectivity index (χ2v) is 1.37. The van der Waals surface area contributed by atoms with Crippen molar-refractivity contribution in [2.75, 3.05) is 0 Å². The maximum atomic E-state index is 9.41. The van der Waals surface area contributed by atoms with Crippen LogP contribution in [0.4, 0.5) is 4.79 Å². The molecule has 0 aliphatic heterocycles. The maximum Gasteiger partial charge on any atom is 0.309 e. The predicted octanol–water partition coefficient (Wildman–Crippen LogP) is -0.215. The van der Waals surface area contributed by atoms with Crippen LogP contribution < -0.4 is 11.5 Å². The van der Waals surface area contributed by atoms with Crippen molar-refractivity contribution >= 4 is 12.3 Å². The minimum Gasteiger partial charge on any atom is -0.352 e. The van der Waals surface area contributed by atoms with Crippen molar-refractivity contribution in [2.24, 2.45) is 11.5 Å². The molecule has 0 aliphatic rings. The molecule has 2 amide bonds. The van der Waals surface area contributed by atoms with Gasteiger partial charge in [-0.1, -0.05) is 6.58 Å². The quantitative estimate of drug-likeness (QED) is 0.380. The molecule has 52 valence electrons. The maximum absolute atomic E-state index is 9.41. The van der Waals surface area contributed by atoms with Gasteiger partial charge in [0.15, 0.2) is 0 Å². The van der Waals surface area contributed by atoms with Gasteiger partial charge in [-0.2, -0.15) is 0 Å². The minimum absolute atomic E-state index is 0.574. The van der Waals surface area contributed by atoms with Gasteiger partial charge in [-0.3, -0.25) is 4.79 Å². The van der Waals surface area contributed by atoms with Gasteiger partial charge in [0.2, 0.25) is 0 Å². The highest BCUT2D eigenvalue weighted by atomic mass is 16.2. The molecule has 0 fully saturated rings. The molecule has 4 N–H and O–H groups in total. The summed E-state index contributed by atoms with van der Waals surface area (Å²) >= 11 is 0. The van der Waals surface area contributed by atoms with Gasteiger partial charge < -0.3 is 11.5 Å². The van der Waals surface area contributed by atoms with E-state index < -0.39 is 6.03 Å². The standard InChI is InChI=1S/C4H6O.CH4N2O/c1-4(2)3-5;2-1(3)4/h3H,1H2,2H3;(H4,2,3,4). The first kappa shape index (κ1) is 10.6. The van der Waals surface area contributed by atoms with Crippen LogP contribution >= 0.6 is 0 Å². The summed E-state index contributed by atoms with van der Waals surface area (Å²) in [6, 6.07) is -0.833. The predicted molar refractivity (Wildman–Crippen MR) is 34.6 cm³/mol. The van der Waals surface area contributed by atoms with Crippen molar-refractivity contribution in [1.82, 2.24) is 0 Å². The molecule has 9 heavy (non-hydrogen) atoms. The van der Waals surface area contributed by atoms with Crippen LogP contribution in [0.1, 0.15) is 6.92 Å². The molecule has 4 nitrogen and oxygen atoms in total. The second kappa shape index (κ2) is 6.68. The lowest BCUT2D eigenvalue weighted by Crippen LogP contribution is -2.18. The fourth-order valence-electron chi connectivity index (χ4n) is 0. The first-order valence-corrected chi connectivity index (χ1v) is 2.16. The number of hydrogen-bond donors (Lipinski definition) is 2. The van der Waals surface area contributed by atoms with E-state index in [1.807, 2.05) is 0 Å².